The lowest BCUT2D eigenvalue weighted by atomic mass is 10.0. The number of hydrogen-bond donors (Lipinski definition) is 2. The van der Waals surface area contributed by atoms with E-state index in [4.69, 9.17) is 4.74 Å². The number of rotatable bonds is 6. The average Bonchev–Trinajstić information content (AvgIpc) is 2.52. The summed E-state index contributed by atoms with van der Waals surface area (Å²) in [6.07, 6.45) is 4.76. The molecule has 5 nitrogen and oxygen atoms in total. The molecule has 1 aliphatic rings. The van der Waals surface area contributed by atoms with Crippen LogP contribution in [0, 0.1) is 5.92 Å². The molecule has 5 heteroatoms. The summed E-state index contributed by atoms with van der Waals surface area (Å²) in [6, 6.07) is 3.68. The molecule has 0 aromatic carbocycles. The molecule has 2 rings (SSSR count). The van der Waals surface area contributed by atoms with Gasteiger partial charge >= 0.3 is 0 Å². The highest BCUT2D eigenvalue weighted by Gasteiger charge is 2.15. The Morgan fingerprint density at radius 1 is 1.45 bits per heavy atom. The van der Waals surface area contributed by atoms with Crippen molar-refractivity contribution in [2.45, 2.75) is 26.2 Å². The van der Waals surface area contributed by atoms with E-state index in [0.29, 0.717) is 18.2 Å². The lowest BCUT2D eigenvalue weighted by Crippen LogP contribution is -2.32. The Hall–Kier alpha value is -1.62. The van der Waals surface area contributed by atoms with Crippen molar-refractivity contribution in [3.05, 3.63) is 24.0 Å². The first kappa shape index (κ1) is 14.8. The Morgan fingerprint density at radius 3 is 3.00 bits per heavy atom. The molecule has 1 aromatic rings. The number of amides is 1. The molecule has 1 aliphatic heterocycles. The Kier molecular flexibility index (Phi) is 5.80. The van der Waals surface area contributed by atoms with E-state index >= 15 is 0 Å². The van der Waals surface area contributed by atoms with Crippen LogP contribution in [0.1, 0.15) is 36.7 Å². The SMILES string of the molecule is CCCNc1ccnc(C(=O)NCC2CCOCC2)c1. The van der Waals surface area contributed by atoms with Gasteiger partial charge in [-0.15, -0.1) is 0 Å². The minimum Gasteiger partial charge on any atom is -0.385 e. The van der Waals surface area contributed by atoms with Gasteiger partial charge in [0.05, 0.1) is 0 Å². The van der Waals surface area contributed by atoms with Gasteiger partial charge in [-0.25, -0.2) is 0 Å². The number of anilines is 1. The van der Waals surface area contributed by atoms with Crippen LogP contribution in [0.15, 0.2) is 18.3 Å². The van der Waals surface area contributed by atoms with Crippen molar-refractivity contribution in [2.24, 2.45) is 5.92 Å². The minimum absolute atomic E-state index is 0.100. The van der Waals surface area contributed by atoms with Gasteiger partial charge in [0, 0.05) is 38.2 Å². The van der Waals surface area contributed by atoms with Gasteiger partial charge in [-0.2, -0.15) is 0 Å². The average molecular weight is 277 g/mol. The standard InChI is InChI=1S/C15H23N3O2/c1-2-6-16-13-3-7-17-14(10-13)15(19)18-11-12-4-8-20-9-5-12/h3,7,10,12H,2,4-6,8-9,11H2,1H3,(H,16,17)(H,18,19). The molecule has 0 atom stereocenters. The Balaban J connectivity index is 1.84. The van der Waals surface area contributed by atoms with E-state index in [1.54, 1.807) is 12.3 Å². The highest BCUT2D eigenvalue weighted by Crippen LogP contribution is 2.13. The molecular weight excluding hydrogens is 254 g/mol. The summed E-state index contributed by atoms with van der Waals surface area (Å²) in [5, 5.41) is 6.23. The van der Waals surface area contributed by atoms with Gasteiger partial charge in [0.1, 0.15) is 5.69 Å². The van der Waals surface area contributed by atoms with Crippen LogP contribution < -0.4 is 10.6 Å². The van der Waals surface area contributed by atoms with Crippen molar-refractivity contribution in [1.29, 1.82) is 0 Å². The van der Waals surface area contributed by atoms with E-state index < -0.39 is 0 Å². The summed E-state index contributed by atoms with van der Waals surface area (Å²) in [5.74, 6) is 0.422. The molecule has 0 radical (unpaired) electrons. The zero-order valence-corrected chi connectivity index (χ0v) is 12.0. The van der Waals surface area contributed by atoms with Crippen LogP contribution in [-0.4, -0.2) is 37.2 Å². The van der Waals surface area contributed by atoms with Gasteiger partial charge in [0.15, 0.2) is 0 Å². The highest BCUT2D eigenvalue weighted by atomic mass is 16.5. The third-order valence-electron chi connectivity index (χ3n) is 3.46. The van der Waals surface area contributed by atoms with E-state index in [1.807, 2.05) is 6.07 Å². The van der Waals surface area contributed by atoms with Crippen LogP contribution in [0.4, 0.5) is 5.69 Å². The Morgan fingerprint density at radius 2 is 2.25 bits per heavy atom. The monoisotopic (exact) mass is 277 g/mol. The van der Waals surface area contributed by atoms with Crippen molar-refractivity contribution in [3.8, 4) is 0 Å². The predicted molar refractivity (Wildman–Crippen MR) is 78.9 cm³/mol. The summed E-state index contributed by atoms with van der Waals surface area (Å²) >= 11 is 0. The zero-order chi connectivity index (χ0) is 14.2. The summed E-state index contributed by atoms with van der Waals surface area (Å²) in [6.45, 7) is 5.31. The largest absolute Gasteiger partial charge is 0.385 e. The topological polar surface area (TPSA) is 63.2 Å². The molecule has 20 heavy (non-hydrogen) atoms. The second kappa shape index (κ2) is 7.85. The normalized spacial score (nSPS) is 15.8. The maximum absolute atomic E-state index is 12.1. The van der Waals surface area contributed by atoms with Gasteiger partial charge in [0.2, 0.25) is 0 Å². The van der Waals surface area contributed by atoms with Crippen LogP contribution in [0.3, 0.4) is 0 Å². The van der Waals surface area contributed by atoms with Gasteiger partial charge < -0.3 is 15.4 Å². The number of carbonyl (C=O) groups excluding carboxylic acids is 1. The number of nitrogens with zero attached hydrogens (tertiary/aromatic N) is 1. The molecule has 0 aliphatic carbocycles. The van der Waals surface area contributed by atoms with Crippen molar-refractivity contribution in [1.82, 2.24) is 10.3 Å². The van der Waals surface area contributed by atoms with Crippen molar-refractivity contribution in [3.63, 3.8) is 0 Å². The number of ether oxygens (including phenoxy) is 1. The van der Waals surface area contributed by atoms with Crippen molar-refractivity contribution >= 4 is 11.6 Å². The molecule has 2 N–H and O–H groups in total. The zero-order valence-electron chi connectivity index (χ0n) is 12.0. The van der Waals surface area contributed by atoms with Crippen molar-refractivity contribution < 1.29 is 9.53 Å². The molecule has 1 fully saturated rings. The van der Waals surface area contributed by atoms with Gasteiger partial charge in [-0.05, 0) is 37.3 Å². The minimum atomic E-state index is -0.100. The molecule has 0 saturated carbocycles. The molecule has 110 valence electrons. The first-order valence-electron chi connectivity index (χ1n) is 7.35. The fourth-order valence-electron chi connectivity index (χ4n) is 2.21. The van der Waals surface area contributed by atoms with E-state index in [-0.39, 0.29) is 5.91 Å². The van der Waals surface area contributed by atoms with Gasteiger partial charge in [0.25, 0.3) is 5.91 Å². The summed E-state index contributed by atoms with van der Waals surface area (Å²) in [4.78, 5) is 16.2. The maximum Gasteiger partial charge on any atom is 0.269 e. The predicted octanol–water partition coefficient (Wildman–Crippen LogP) is 2.06. The smallest absolute Gasteiger partial charge is 0.269 e. The summed E-state index contributed by atoms with van der Waals surface area (Å²) in [7, 11) is 0. The molecule has 0 unspecified atom stereocenters. The second-order valence-electron chi connectivity index (χ2n) is 5.12. The molecular formula is C15H23N3O2. The number of pyridine rings is 1. The number of carbonyl (C=O) groups is 1. The molecule has 1 saturated heterocycles. The number of hydrogen-bond acceptors (Lipinski definition) is 4. The van der Waals surface area contributed by atoms with E-state index in [1.165, 1.54) is 0 Å². The number of nitrogens with one attached hydrogen (secondary N) is 2. The Labute approximate surface area is 120 Å². The second-order valence-corrected chi connectivity index (χ2v) is 5.12. The molecule has 1 aromatic heterocycles. The van der Waals surface area contributed by atoms with Crippen molar-refractivity contribution in [2.75, 3.05) is 31.6 Å². The van der Waals surface area contributed by atoms with E-state index in [9.17, 15) is 4.79 Å². The van der Waals surface area contributed by atoms with Gasteiger partial charge in [-0.1, -0.05) is 6.92 Å². The van der Waals surface area contributed by atoms with Crippen LogP contribution in [-0.2, 0) is 4.74 Å². The quantitative estimate of drug-likeness (QED) is 0.835. The third kappa shape index (κ3) is 4.49. The number of aromatic nitrogens is 1. The first-order chi connectivity index (χ1) is 9.79. The van der Waals surface area contributed by atoms with Crippen LogP contribution in [0.5, 0.6) is 0 Å². The molecule has 1 amide bonds. The first-order valence-corrected chi connectivity index (χ1v) is 7.35. The lowest BCUT2D eigenvalue weighted by Gasteiger charge is -2.22. The summed E-state index contributed by atoms with van der Waals surface area (Å²) in [5.41, 5.74) is 1.41. The van der Waals surface area contributed by atoms with Crippen LogP contribution >= 0.6 is 0 Å². The lowest BCUT2D eigenvalue weighted by molar-refractivity contribution is 0.0642. The third-order valence-corrected chi connectivity index (χ3v) is 3.46. The van der Waals surface area contributed by atoms with Crippen LogP contribution in [0.25, 0.3) is 0 Å². The van der Waals surface area contributed by atoms with Crippen LogP contribution in [0.2, 0.25) is 0 Å². The summed E-state index contributed by atoms with van der Waals surface area (Å²) < 4.78 is 5.31. The highest BCUT2D eigenvalue weighted by molar-refractivity contribution is 5.93. The molecule has 0 bridgehead atoms. The molecule has 2 heterocycles. The molecule has 0 spiro atoms. The fraction of sp³-hybridized carbons (Fsp3) is 0.600. The Bertz CT molecular complexity index is 431. The van der Waals surface area contributed by atoms with E-state index in [2.05, 4.69) is 22.5 Å². The van der Waals surface area contributed by atoms with Gasteiger partial charge in [-0.3, -0.25) is 9.78 Å². The maximum atomic E-state index is 12.1. The van der Waals surface area contributed by atoms with E-state index in [0.717, 1.165) is 44.7 Å². The fourth-order valence-corrected chi connectivity index (χ4v) is 2.21.